The van der Waals surface area contributed by atoms with Gasteiger partial charge in [-0.3, -0.25) is 9.69 Å². The quantitative estimate of drug-likeness (QED) is 0.703. The molecule has 3 aliphatic carbocycles. The number of hydrogen-bond acceptors (Lipinski definition) is 3. The van der Waals surface area contributed by atoms with Gasteiger partial charge < -0.3 is 4.74 Å². The molecule has 0 N–H and O–H groups in total. The van der Waals surface area contributed by atoms with E-state index >= 15 is 0 Å². The second-order valence-electron chi connectivity index (χ2n) is 10.5. The highest BCUT2D eigenvalue weighted by Gasteiger charge is 2.57. The van der Waals surface area contributed by atoms with E-state index in [0.29, 0.717) is 29.5 Å². The van der Waals surface area contributed by atoms with Crippen LogP contribution in [-0.4, -0.2) is 43.5 Å². The van der Waals surface area contributed by atoms with Crippen LogP contribution in [0, 0.1) is 40.9 Å². The summed E-state index contributed by atoms with van der Waals surface area (Å²) in [5, 5.41) is 0. The Morgan fingerprint density at radius 2 is 1.86 bits per heavy atom. The molecule has 0 aromatic rings. The van der Waals surface area contributed by atoms with Crippen molar-refractivity contribution in [1.82, 2.24) is 4.90 Å². The van der Waals surface area contributed by atoms with Crippen LogP contribution in [0.4, 0.5) is 0 Å². The third-order valence-corrected chi connectivity index (χ3v) is 8.69. The summed E-state index contributed by atoms with van der Waals surface area (Å²) in [6, 6.07) is 0. The van der Waals surface area contributed by atoms with Crippen LogP contribution in [0.5, 0.6) is 0 Å². The van der Waals surface area contributed by atoms with Crippen LogP contribution >= 0.6 is 0 Å². The molecular formula is C25H39NO2. The summed E-state index contributed by atoms with van der Waals surface area (Å²) >= 11 is 0. The topological polar surface area (TPSA) is 29.5 Å². The van der Waals surface area contributed by atoms with E-state index in [1.807, 2.05) is 0 Å². The Labute approximate surface area is 171 Å². The fourth-order valence-corrected chi connectivity index (χ4v) is 7.26. The molecule has 6 atom stereocenters. The molecule has 1 aliphatic heterocycles. The Kier molecular flexibility index (Phi) is 5.61. The van der Waals surface area contributed by atoms with Gasteiger partial charge in [-0.05, 0) is 65.9 Å². The van der Waals surface area contributed by atoms with E-state index in [9.17, 15) is 4.79 Å². The molecule has 3 nitrogen and oxygen atoms in total. The molecule has 4 fully saturated rings. The van der Waals surface area contributed by atoms with Crippen LogP contribution in [0.2, 0.25) is 0 Å². The number of rotatable bonds is 3. The molecule has 0 aromatic heterocycles. The van der Waals surface area contributed by atoms with Gasteiger partial charge in [-0.1, -0.05) is 40.3 Å². The number of allylic oxidation sites excluding steroid dienone is 2. The van der Waals surface area contributed by atoms with Crippen molar-refractivity contribution in [2.45, 2.75) is 52.9 Å². The van der Waals surface area contributed by atoms with E-state index in [-0.39, 0.29) is 17.3 Å². The van der Waals surface area contributed by atoms with Crippen LogP contribution in [0.1, 0.15) is 52.9 Å². The zero-order valence-corrected chi connectivity index (χ0v) is 18.2. The number of Topliss-reactive ketones (excluding diaryl/α,β-unsaturated/α-hetero) is 1. The molecule has 0 bridgehead atoms. The molecule has 5 unspecified atom stereocenters. The summed E-state index contributed by atoms with van der Waals surface area (Å²) < 4.78 is 5.55. The van der Waals surface area contributed by atoms with Crippen molar-refractivity contribution >= 4 is 5.78 Å². The molecule has 0 aromatic carbocycles. The first kappa shape index (κ1) is 20.3. The Balaban J connectivity index is 1.69. The average molecular weight is 386 g/mol. The van der Waals surface area contributed by atoms with E-state index in [2.05, 4.69) is 38.8 Å². The van der Waals surface area contributed by atoms with Gasteiger partial charge in [0.05, 0.1) is 13.2 Å². The molecule has 1 saturated heterocycles. The van der Waals surface area contributed by atoms with Crippen molar-refractivity contribution in [2.24, 2.45) is 40.9 Å². The molecule has 156 valence electrons. The van der Waals surface area contributed by atoms with Crippen molar-refractivity contribution in [3.05, 3.63) is 24.3 Å². The summed E-state index contributed by atoms with van der Waals surface area (Å²) in [6.45, 7) is 20.3. The first-order valence-corrected chi connectivity index (χ1v) is 11.6. The van der Waals surface area contributed by atoms with Gasteiger partial charge in [-0.15, -0.1) is 0 Å². The monoisotopic (exact) mass is 385 g/mol. The summed E-state index contributed by atoms with van der Waals surface area (Å²) in [7, 11) is 0. The Bertz CT molecular complexity index is 645. The van der Waals surface area contributed by atoms with Gasteiger partial charge in [-0.2, -0.15) is 0 Å². The second-order valence-corrected chi connectivity index (χ2v) is 10.5. The van der Waals surface area contributed by atoms with Gasteiger partial charge in [0, 0.05) is 31.5 Å². The summed E-state index contributed by atoms with van der Waals surface area (Å²) in [6.07, 6.45) is 6.11. The minimum absolute atomic E-state index is 0.0245. The Hall–Kier alpha value is -0.930. The van der Waals surface area contributed by atoms with Gasteiger partial charge in [0.25, 0.3) is 0 Å². The number of ether oxygens (including phenoxy) is 1. The van der Waals surface area contributed by atoms with Crippen molar-refractivity contribution in [2.75, 3.05) is 32.8 Å². The minimum Gasteiger partial charge on any atom is -0.379 e. The summed E-state index contributed by atoms with van der Waals surface area (Å²) in [5.74, 6) is 2.82. The lowest BCUT2D eigenvalue weighted by Crippen LogP contribution is -2.58. The lowest BCUT2D eigenvalue weighted by Gasteiger charge is -2.58. The molecule has 4 aliphatic rings. The van der Waals surface area contributed by atoms with Gasteiger partial charge in [0.15, 0.2) is 0 Å². The van der Waals surface area contributed by atoms with Crippen LogP contribution in [-0.2, 0) is 9.53 Å². The average Bonchev–Trinajstić information content (AvgIpc) is 2.67. The maximum atomic E-state index is 14.0. The molecule has 0 radical (unpaired) electrons. The molecule has 3 saturated carbocycles. The number of morpholine rings is 1. The predicted octanol–water partition coefficient (Wildman–Crippen LogP) is 4.73. The molecule has 1 heterocycles. The molecular weight excluding hydrogens is 346 g/mol. The highest BCUT2D eigenvalue weighted by atomic mass is 16.5. The van der Waals surface area contributed by atoms with E-state index in [4.69, 9.17) is 4.74 Å². The fourth-order valence-electron chi connectivity index (χ4n) is 7.26. The number of ketones is 1. The SMILES string of the molecule is C=C1C(=C)[C@@H](CC)CC2C1C(=O)C(CN1CCOCC1)C1C2CCCC1(C)C. The lowest BCUT2D eigenvalue weighted by atomic mass is 9.46. The Morgan fingerprint density at radius 1 is 1.14 bits per heavy atom. The first-order chi connectivity index (χ1) is 13.3. The normalized spacial score (nSPS) is 41.5. The van der Waals surface area contributed by atoms with Gasteiger partial charge >= 0.3 is 0 Å². The van der Waals surface area contributed by atoms with Gasteiger partial charge in [0.2, 0.25) is 0 Å². The van der Waals surface area contributed by atoms with Crippen LogP contribution < -0.4 is 0 Å². The fraction of sp³-hybridized carbons (Fsp3) is 0.800. The molecule has 28 heavy (non-hydrogen) atoms. The zero-order valence-electron chi connectivity index (χ0n) is 18.2. The number of nitrogens with zero attached hydrogens (tertiary/aromatic N) is 1. The maximum Gasteiger partial charge on any atom is 0.145 e. The summed E-state index contributed by atoms with van der Waals surface area (Å²) in [4.78, 5) is 16.4. The number of carbonyl (C=O) groups is 1. The lowest BCUT2D eigenvalue weighted by molar-refractivity contribution is -0.149. The third-order valence-electron chi connectivity index (χ3n) is 8.69. The third kappa shape index (κ3) is 3.33. The van der Waals surface area contributed by atoms with Crippen molar-refractivity contribution in [3.63, 3.8) is 0 Å². The smallest absolute Gasteiger partial charge is 0.145 e. The van der Waals surface area contributed by atoms with Gasteiger partial charge in [0.1, 0.15) is 5.78 Å². The molecule has 4 rings (SSSR count). The minimum atomic E-state index is 0.0245. The Morgan fingerprint density at radius 3 is 2.54 bits per heavy atom. The summed E-state index contributed by atoms with van der Waals surface area (Å²) in [5.41, 5.74) is 2.48. The zero-order chi connectivity index (χ0) is 20.1. The van der Waals surface area contributed by atoms with E-state index in [0.717, 1.165) is 56.8 Å². The molecule has 3 heteroatoms. The van der Waals surface area contributed by atoms with E-state index < -0.39 is 0 Å². The maximum absolute atomic E-state index is 14.0. The highest BCUT2D eigenvalue weighted by Crippen LogP contribution is 2.60. The van der Waals surface area contributed by atoms with E-state index in [1.165, 1.54) is 19.3 Å². The number of hydrogen-bond donors (Lipinski definition) is 0. The predicted molar refractivity (Wildman–Crippen MR) is 114 cm³/mol. The first-order valence-electron chi connectivity index (χ1n) is 11.6. The highest BCUT2D eigenvalue weighted by molar-refractivity contribution is 5.89. The largest absolute Gasteiger partial charge is 0.379 e. The van der Waals surface area contributed by atoms with Gasteiger partial charge in [-0.25, -0.2) is 0 Å². The molecule has 0 amide bonds. The van der Waals surface area contributed by atoms with Crippen molar-refractivity contribution < 1.29 is 9.53 Å². The van der Waals surface area contributed by atoms with Crippen LogP contribution in [0.3, 0.4) is 0 Å². The molecule has 0 spiro atoms. The van der Waals surface area contributed by atoms with Crippen molar-refractivity contribution in [3.8, 4) is 0 Å². The number of fused-ring (bicyclic) bond motifs is 3. The van der Waals surface area contributed by atoms with Crippen molar-refractivity contribution in [1.29, 1.82) is 0 Å². The second kappa shape index (κ2) is 7.72. The van der Waals surface area contributed by atoms with Crippen LogP contribution in [0.25, 0.3) is 0 Å². The standard InChI is InChI=1S/C25H39NO2/c1-6-18-14-20-19-8-7-9-25(4,5)23(19)21(15-26-10-12-28-13-11-26)24(27)22(20)17(3)16(18)2/h18-23H,2-3,6-15H2,1,4-5H3/t18-,19?,20?,21?,22?,23?/m0/s1. The van der Waals surface area contributed by atoms with Crippen LogP contribution in [0.15, 0.2) is 24.3 Å². The van der Waals surface area contributed by atoms with E-state index in [1.54, 1.807) is 0 Å². The number of carbonyl (C=O) groups excluding carboxylic acids is 1.